The molecule has 0 aliphatic carbocycles. The predicted octanol–water partition coefficient (Wildman–Crippen LogP) is 2.64. The number of amides is 2. The minimum absolute atomic E-state index is 0.102. The molecule has 7 nitrogen and oxygen atoms in total. The first kappa shape index (κ1) is 19.6. The van der Waals surface area contributed by atoms with Crippen LogP contribution >= 0.6 is 0 Å². The van der Waals surface area contributed by atoms with E-state index in [0.717, 1.165) is 11.3 Å². The Morgan fingerprint density at radius 2 is 2.10 bits per heavy atom. The largest absolute Gasteiger partial charge is 0.391 e. The molecule has 1 spiro atoms. The molecule has 0 saturated carbocycles. The van der Waals surface area contributed by atoms with E-state index in [-0.39, 0.29) is 30.0 Å². The zero-order valence-corrected chi connectivity index (χ0v) is 16.8. The van der Waals surface area contributed by atoms with Crippen molar-refractivity contribution in [3.8, 4) is 0 Å². The SMILES string of the molecule is CC(C)c1cc(C(=O)N2CCC[C@]3(C[C@@H](O)[C@H](c4ccccc4)NC3=O)C2)on1. The van der Waals surface area contributed by atoms with Gasteiger partial charge in [0.1, 0.15) is 0 Å². The minimum atomic E-state index is -0.778. The molecule has 0 radical (unpaired) electrons. The van der Waals surface area contributed by atoms with Crippen molar-refractivity contribution in [2.24, 2.45) is 5.41 Å². The lowest BCUT2D eigenvalue weighted by atomic mass is 9.70. The molecular weight excluding hydrogens is 370 g/mol. The molecule has 2 aliphatic heterocycles. The van der Waals surface area contributed by atoms with E-state index in [9.17, 15) is 14.7 Å². The normalized spacial score (nSPS) is 27.3. The highest BCUT2D eigenvalue weighted by Gasteiger charge is 2.50. The number of piperidine rings is 2. The van der Waals surface area contributed by atoms with Crippen LogP contribution in [0.25, 0.3) is 0 Å². The number of nitrogens with zero attached hydrogens (tertiary/aromatic N) is 2. The average Bonchev–Trinajstić information content (AvgIpc) is 3.22. The minimum Gasteiger partial charge on any atom is -0.391 e. The number of hydrogen-bond donors (Lipinski definition) is 2. The molecule has 3 atom stereocenters. The molecule has 2 fully saturated rings. The molecule has 4 rings (SSSR count). The topological polar surface area (TPSA) is 95.7 Å². The molecule has 2 saturated heterocycles. The molecule has 154 valence electrons. The number of nitrogens with one attached hydrogen (secondary N) is 1. The van der Waals surface area contributed by atoms with Gasteiger partial charge in [-0.3, -0.25) is 9.59 Å². The van der Waals surface area contributed by atoms with E-state index < -0.39 is 17.6 Å². The monoisotopic (exact) mass is 397 g/mol. The zero-order valence-electron chi connectivity index (χ0n) is 16.8. The van der Waals surface area contributed by atoms with E-state index in [1.54, 1.807) is 11.0 Å². The van der Waals surface area contributed by atoms with Crippen molar-refractivity contribution in [1.82, 2.24) is 15.4 Å². The Kier molecular flexibility index (Phi) is 5.17. The summed E-state index contributed by atoms with van der Waals surface area (Å²) in [5.41, 5.74) is 0.839. The van der Waals surface area contributed by atoms with Crippen LogP contribution in [-0.2, 0) is 4.79 Å². The lowest BCUT2D eigenvalue weighted by Crippen LogP contribution is -2.60. The van der Waals surface area contributed by atoms with Crippen LogP contribution in [0, 0.1) is 5.41 Å². The van der Waals surface area contributed by atoms with Crippen molar-refractivity contribution in [3.05, 3.63) is 53.4 Å². The zero-order chi connectivity index (χ0) is 20.6. The van der Waals surface area contributed by atoms with Gasteiger partial charge in [0, 0.05) is 19.2 Å². The summed E-state index contributed by atoms with van der Waals surface area (Å²) in [6, 6.07) is 10.7. The smallest absolute Gasteiger partial charge is 0.292 e. The summed E-state index contributed by atoms with van der Waals surface area (Å²) in [7, 11) is 0. The van der Waals surface area contributed by atoms with Gasteiger partial charge in [0.05, 0.1) is 23.3 Å². The molecule has 2 aliphatic rings. The van der Waals surface area contributed by atoms with Gasteiger partial charge in [-0.05, 0) is 30.7 Å². The van der Waals surface area contributed by atoms with Crippen LogP contribution in [0.5, 0.6) is 0 Å². The third-order valence-electron chi connectivity index (χ3n) is 6.11. The average molecular weight is 397 g/mol. The molecule has 2 N–H and O–H groups in total. The Morgan fingerprint density at radius 1 is 1.34 bits per heavy atom. The van der Waals surface area contributed by atoms with Gasteiger partial charge in [-0.25, -0.2) is 0 Å². The lowest BCUT2D eigenvalue weighted by Gasteiger charge is -2.47. The van der Waals surface area contributed by atoms with E-state index in [4.69, 9.17) is 4.52 Å². The maximum Gasteiger partial charge on any atom is 0.292 e. The number of rotatable bonds is 3. The van der Waals surface area contributed by atoms with Gasteiger partial charge in [0.25, 0.3) is 5.91 Å². The third kappa shape index (κ3) is 3.67. The number of aliphatic hydroxyl groups is 1. The number of carbonyl (C=O) groups excluding carboxylic acids is 2. The van der Waals surface area contributed by atoms with Crippen molar-refractivity contribution in [1.29, 1.82) is 0 Å². The van der Waals surface area contributed by atoms with Gasteiger partial charge in [0.15, 0.2) is 0 Å². The highest BCUT2D eigenvalue weighted by atomic mass is 16.5. The number of aliphatic hydroxyl groups excluding tert-OH is 1. The van der Waals surface area contributed by atoms with Crippen molar-refractivity contribution in [3.63, 3.8) is 0 Å². The first-order valence-corrected chi connectivity index (χ1v) is 10.2. The second kappa shape index (κ2) is 7.63. The Labute approximate surface area is 170 Å². The number of hydrogen-bond acceptors (Lipinski definition) is 5. The molecule has 2 amide bonds. The Morgan fingerprint density at radius 3 is 2.79 bits per heavy atom. The van der Waals surface area contributed by atoms with E-state index in [2.05, 4.69) is 10.5 Å². The summed E-state index contributed by atoms with van der Waals surface area (Å²) >= 11 is 0. The third-order valence-corrected chi connectivity index (χ3v) is 6.11. The summed E-state index contributed by atoms with van der Waals surface area (Å²) in [6.45, 7) is 4.80. The van der Waals surface area contributed by atoms with Crippen molar-refractivity contribution in [2.45, 2.75) is 51.2 Å². The van der Waals surface area contributed by atoms with E-state index in [1.165, 1.54) is 0 Å². The summed E-state index contributed by atoms with van der Waals surface area (Å²) in [6.07, 6.45) is 0.973. The second-order valence-corrected chi connectivity index (χ2v) is 8.51. The number of carbonyl (C=O) groups is 2. The molecule has 3 heterocycles. The first-order valence-electron chi connectivity index (χ1n) is 10.2. The molecule has 0 unspecified atom stereocenters. The van der Waals surface area contributed by atoms with Gasteiger partial charge >= 0.3 is 0 Å². The molecule has 0 bridgehead atoms. The highest BCUT2D eigenvalue weighted by molar-refractivity contribution is 5.93. The maximum absolute atomic E-state index is 13.1. The van der Waals surface area contributed by atoms with Crippen LogP contribution in [0.3, 0.4) is 0 Å². The fourth-order valence-electron chi connectivity index (χ4n) is 4.44. The van der Waals surface area contributed by atoms with Gasteiger partial charge in [-0.15, -0.1) is 0 Å². The first-order chi connectivity index (χ1) is 13.9. The second-order valence-electron chi connectivity index (χ2n) is 8.51. The standard InChI is InChI=1S/C22H27N3O4/c1-14(2)16-11-18(29-24-16)20(27)25-10-6-9-22(13-25)12-17(26)19(23-21(22)28)15-7-4-3-5-8-15/h3-5,7-8,11,14,17,19,26H,6,9-10,12-13H2,1-2H3,(H,23,28)/t17-,19+,22+/m1/s1. The van der Waals surface area contributed by atoms with E-state index in [0.29, 0.717) is 25.8 Å². The number of aromatic nitrogens is 1. The van der Waals surface area contributed by atoms with Gasteiger partial charge in [0.2, 0.25) is 11.7 Å². The number of benzene rings is 1. The molecule has 2 aromatic rings. The Balaban J connectivity index is 1.51. The fraction of sp³-hybridized carbons (Fsp3) is 0.500. The Hall–Kier alpha value is -2.67. The number of likely N-dealkylation sites (tertiary alicyclic amines) is 1. The van der Waals surface area contributed by atoms with Crippen LogP contribution in [0.4, 0.5) is 0 Å². The van der Waals surface area contributed by atoms with Crippen molar-refractivity contribution < 1.29 is 19.2 Å². The summed E-state index contributed by atoms with van der Waals surface area (Å²) < 4.78 is 5.25. The predicted molar refractivity (Wildman–Crippen MR) is 106 cm³/mol. The molecule has 1 aromatic carbocycles. The van der Waals surface area contributed by atoms with Gasteiger partial charge in [-0.2, -0.15) is 0 Å². The lowest BCUT2D eigenvalue weighted by molar-refractivity contribution is -0.144. The molecular formula is C22H27N3O4. The molecule has 1 aromatic heterocycles. The molecule has 7 heteroatoms. The quantitative estimate of drug-likeness (QED) is 0.830. The molecule has 29 heavy (non-hydrogen) atoms. The Bertz CT molecular complexity index is 894. The maximum atomic E-state index is 13.1. The van der Waals surface area contributed by atoms with Crippen LogP contribution in [0.15, 0.2) is 40.9 Å². The van der Waals surface area contributed by atoms with Gasteiger partial charge in [-0.1, -0.05) is 49.3 Å². The van der Waals surface area contributed by atoms with Crippen LogP contribution in [-0.4, -0.2) is 46.2 Å². The summed E-state index contributed by atoms with van der Waals surface area (Å²) in [5, 5.41) is 17.8. The van der Waals surface area contributed by atoms with Crippen LogP contribution in [0.2, 0.25) is 0 Å². The van der Waals surface area contributed by atoms with Crippen molar-refractivity contribution in [2.75, 3.05) is 13.1 Å². The fourth-order valence-corrected chi connectivity index (χ4v) is 4.44. The van der Waals surface area contributed by atoms with Crippen LogP contribution < -0.4 is 5.32 Å². The van der Waals surface area contributed by atoms with Crippen molar-refractivity contribution >= 4 is 11.8 Å². The van der Waals surface area contributed by atoms with Crippen LogP contribution in [0.1, 0.15) is 66.9 Å². The van der Waals surface area contributed by atoms with E-state index >= 15 is 0 Å². The van der Waals surface area contributed by atoms with E-state index in [1.807, 2.05) is 44.2 Å². The highest BCUT2D eigenvalue weighted by Crippen LogP contribution is 2.41. The van der Waals surface area contributed by atoms with Gasteiger partial charge < -0.3 is 19.8 Å². The summed E-state index contributed by atoms with van der Waals surface area (Å²) in [5.74, 6) is 0.0115. The summed E-state index contributed by atoms with van der Waals surface area (Å²) in [4.78, 5) is 27.7.